The second kappa shape index (κ2) is 7.29. The van der Waals surface area contributed by atoms with Crippen molar-refractivity contribution in [3.63, 3.8) is 0 Å². The molecule has 8 heteroatoms. The van der Waals surface area contributed by atoms with Crippen molar-refractivity contribution in [2.75, 3.05) is 20.2 Å². The zero-order valence-electron chi connectivity index (χ0n) is 12.7. The molecule has 1 heterocycles. The second-order valence-electron chi connectivity index (χ2n) is 5.08. The summed E-state index contributed by atoms with van der Waals surface area (Å²) in [6, 6.07) is 6.29. The average molecular weight is 346 g/mol. The topological polar surface area (TPSA) is 82.4 Å². The molecule has 0 aromatic heterocycles. The molecule has 122 valence electrons. The van der Waals surface area contributed by atoms with Crippen LogP contribution < -0.4 is 10.1 Å². The van der Waals surface area contributed by atoms with Gasteiger partial charge in [0.05, 0.1) is 18.7 Å². The van der Waals surface area contributed by atoms with Gasteiger partial charge < -0.3 is 10.1 Å². The fourth-order valence-electron chi connectivity index (χ4n) is 2.44. The molecule has 1 N–H and O–H groups in total. The summed E-state index contributed by atoms with van der Waals surface area (Å²) in [6.45, 7) is 4.87. The molecule has 6 nitrogen and oxygen atoms in total. The number of sulfonamides is 1. The highest BCUT2D eigenvalue weighted by Crippen LogP contribution is 2.29. The van der Waals surface area contributed by atoms with E-state index in [2.05, 4.69) is 5.32 Å². The third kappa shape index (κ3) is 3.36. The zero-order valence-corrected chi connectivity index (χ0v) is 14.4. The number of rotatable bonds is 3. The molecule has 1 aliphatic heterocycles. The number of hydrogen-bond acceptors (Lipinski definition) is 5. The molecule has 1 fully saturated rings. The maximum atomic E-state index is 12.9. The predicted octanol–water partition coefficient (Wildman–Crippen LogP) is 1.36. The van der Waals surface area contributed by atoms with E-state index in [0.29, 0.717) is 18.7 Å². The number of halogens is 1. The Morgan fingerprint density at radius 2 is 2.09 bits per heavy atom. The van der Waals surface area contributed by atoms with Crippen molar-refractivity contribution < 1.29 is 13.2 Å². The first-order chi connectivity index (χ1) is 9.91. The fraction of sp³-hybridized carbons (Fsp3) is 0.500. The highest BCUT2D eigenvalue weighted by molar-refractivity contribution is 7.89. The smallest absolute Gasteiger partial charge is 0.247 e. The largest absolute Gasteiger partial charge is 0.495 e. The van der Waals surface area contributed by atoms with Gasteiger partial charge >= 0.3 is 0 Å². The molecule has 0 amide bonds. The van der Waals surface area contributed by atoms with Crippen LogP contribution in [0.3, 0.4) is 0 Å². The molecule has 0 spiro atoms. The Hall–Kier alpha value is -1.33. The van der Waals surface area contributed by atoms with Gasteiger partial charge in [0.15, 0.2) is 0 Å². The monoisotopic (exact) mass is 345 g/mol. The van der Waals surface area contributed by atoms with Gasteiger partial charge in [-0.1, -0.05) is 0 Å². The fourth-order valence-corrected chi connectivity index (χ4v) is 4.28. The quantitative estimate of drug-likeness (QED) is 0.894. The summed E-state index contributed by atoms with van der Waals surface area (Å²) >= 11 is 0. The number of ether oxygens (including phenoxy) is 1. The molecule has 0 bridgehead atoms. The first-order valence-electron chi connectivity index (χ1n) is 6.75. The number of methoxy groups -OCH3 is 1. The lowest BCUT2D eigenvalue weighted by Crippen LogP contribution is -2.57. The zero-order chi connectivity index (χ0) is 15.6. The van der Waals surface area contributed by atoms with Crippen molar-refractivity contribution in [2.24, 2.45) is 0 Å². The minimum Gasteiger partial charge on any atom is -0.495 e. The summed E-state index contributed by atoms with van der Waals surface area (Å²) in [5.41, 5.74) is 0.368. The minimum atomic E-state index is -3.65. The van der Waals surface area contributed by atoms with Crippen molar-refractivity contribution in [2.45, 2.75) is 30.8 Å². The van der Waals surface area contributed by atoms with Gasteiger partial charge in [0.1, 0.15) is 10.6 Å². The average Bonchev–Trinajstić information content (AvgIpc) is 2.49. The van der Waals surface area contributed by atoms with E-state index in [1.54, 1.807) is 0 Å². The van der Waals surface area contributed by atoms with E-state index in [1.165, 1.54) is 29.6 Å². The Morgan fingerprint density at radius 1 is 1.41 bits per heavy atom. The van der Waals surface area contributed by atoms with Gasteiger partial charge in [-0.2, -0.15) is 9.57 Å². The molecule has 1 saturated heterocycles. The van der Waals surface area contributed by atoms with Gasteiger partial charge in [0.25, 0.3) is 0 Å². The van der Waals surface area contributed by atoms with Crippen molar-refractivity contribution >= 4 is 22.4 Å². The normalized spacial score (nSPS) is 22.5. The number of nitrogens with zero attached hydrogens (tertiary/aromatic N) is 2. The van der Waals surface area contributed by atoms with Crippen molar-refractivity contribution in [1.29, 1.82) is 5.26 Å². The number of hydrogen-bond donors (Lipinski definition) is 1. The summed E-state index contributed by atoms with van der Waals surface area (Å²) < 4.78 is 32.4. The molecule has 2 atom stereocenters. The summed E-state index contributed by atoms with van der Waals surface area (Å²) in [5.74, 6) is 0.201. The molecule has 0 radical (unpaired) electrons. The number of piperazine rings is 1. The van der Waals surface area contributed by atoms with Gasteiger partial charge in [0.2, 0.25) is 10.0 Å². The SMILES string of the molecule is COc1cc(C#N)ccc1S(=O)(=O)N1CCNC(C)C1C.Cl. The Bertz CT molecular complexity index is 672. The van der Waals surface area contributed by atoms with E-state index in [9.17, 15) is 8.42 Å². The first-order valence-corrected chi connectivity index (χ1v) is 8.19. The van der Waals surface area contributed by atoms with Crippen LogP contribution in [0, 0.1) is 11.3 Å². The highest BCUT2D eigenvalue weighted by Gasteiger charge is 2.36. The molecular weight excluding hydrogens is 326 g/mol. The molecule has 0 aliphatic carbocycles. The number of nitrogens with one attached hydrogen (secondary N) is 1. The third-order valence-electron chi connectivity index (χ3n) is 3.86. The van der Waals surface area contributed by atoms with Crippen LogP contribution in [-0.2, 0) is 10.0 Å². The van der Waals surface area contributed by atoms with E-state index < -0.39 is 10.0 Å². The van der Waals surface area contributed by atoms with E-state index in [-0.39, 0.29) is 35.1 Å². The number of nitriles is 1. The number of benzene rings is 1. The van der Waals surface area contributed by atoms with Gasteiger partial charge in [-0.25, -0.2) is 8.42 Å². The molecule has 1 aromatic rings. The predicted molar refractivity (Wildman–Crippen MR) is 85.8 cm³/mol. The maximum Gasteiger partial charge on any atom is 0.247 e. The van der Waals surface area contributed by atoms with Crippen LogP contribution in [0.2, 0.25) is 0 Å². The standard InChI is InChI=1S/C14H19N3O3S.ClH/c1-10-11(2)17(7-6-16-10)21(18,19)14-5-4-12(9-15)8-13(14)20-3;/h4-5,8,10-11,16H,6-7H2,1-3H3;1H. The van der Waals surface area contributed by atoms with Crippen molar-refractivity contribution in [3.8, 4) is 11.8 Å². The maximum absolute atomic E-state index is 12.9. The lowest BCUT2D eigenvalue weighted by molar-refractivity contribution is 0.232. The lowest BCUT2D eigenvalue weighted by Gasteiger charge is -2.37. The molecule has 0 saturated carbocycles. The van der Waals surface area contributed by atoms with Crippen LogP contribution in [0.15, 0.2) is 23.1 Å². The summed E-state index contributed by atoms with van der Waals surface area (Å²) in [4.78, 5) is 0.102. The summed E-state index contributed by atoms with van der Waals surface area (Å²) in [6.07, 6.45) is 0. The van der Waals surface area contributed by atoms with Crippen molar-refractivity contribution in [1.82, 2.24) is 9.62 Å². The van der Waals surface area contributed by atoms with Gasteiger partial charge in [-0.05, 0) is 32.0 Å². The van der Waals surface area contributed by atoms with Gasteiger partial charge in [-0.3, -0.25) is 0 Å². The van der Waals surface area contributed by atoms with Crippen LogP contribution in [-0.4, -0.2) is 45.0 Å². The Balaban J connectivity index is 0.00000242. The van der Waals surface area contributed by atoms with Crippen molar-refractivity contribution in [3.05, 3.63) is 23.8 Å². The lowest BCUT2D eigenvalue weighted by atomic mass is 10.1. The van der Waals surface area contributed by atoms with E-state index >= 15 is 0 Å². The van der Waals surface area contributed by atoms with Gasteiger partial charge in [-0.15, -0.1) is 12.4 Å². The molecule has 22 heavy (non-hydrogen) atoms. The van der Waals surface area contributed by atoms with E-state index in [1.807, 2.05) is 19.9 Å². The second-order valence-corrected chi connectivity index (χ2v) is 6.94. The van der Waals surface area contributed by atoms with Crippen LogP contribution >= 0.6 is 12.4 Å². The first kappa shape index (κ1) is 18.7. The Morgan fingerprint density at radius 3 is 2.68 bits per heavy atom. The Kier molecular flexibility index (Phi) is 6.20. The van der Waals surface area contributed by atoms with Crippen LogP contribution in [0.25, 0.3) is 0 Å². The van der Waals surface area contributed by atoms with Crippen LogP contribution in [0.5, 0.6) is 5.75 Å². The van der Waals surface area contributed by atoms with Crippen LogP contribution in [0.4, 0.5) is 0 Å². The summed E-state index contributed by atoms with van der Waals surface area (Å²) in [5, 5.41) is 12.2. The van der Waals surface area contributed by atoms with E-state index in [4.69, 9.17) is 10.00 Å². The molecular formula is C14H20ClN3O3S. The van der Waals surface area contributed by atoms with Crippen LogP contribution in [0.1, 0.15) is 19.4 Å². The molecule has 1 aliphatic rings. The van der Waals surface area contributed by atoms with Gasteiger partial charge in [0, 0.05) is 25.2 Å². The highest BCUT2D eigenvalue weighted by atomic mass is 35.5. The summed E-state index contributed by atoms with van der Waals surface area (Å²) in [7, 11) is -2.25. The Labute approximate surface area is 137 Å². The molecule has 2 unspecified atom stereocenters. The molecule has 1 aromatic carbocycles. The molecule has 2 rings (SSSR count). The van der Waals surface area contributed by atoms with E-state index in [0.717, 1.165) is 0 Å². The third-order valence-corrected chi connectivity index (χ3v) is 5.88. The minimum absolute atomic E-state index is 0.